The summed E-state index contributed by atoms with van der Waals surface area (Å²) in [6.07, 6.45) is 3.74. The first-order chi connectivity index (χ1) is 10.4. The fraction of sp³-hybridized carbons (Fsp3) is 0.786. The zero-order valence-corrected chi connectivity index (χ0v) is 13.1. The molecule has 8 nitrogen and oxygen atoms in total. The molecule has 1 rings (SSSR count). The van der Waals surface area contributed by atoms with Crippen LogP contribution in [-0.2, 0) is 19.1 Å². The highest BCUT2D eigenvalue weighted by atomic mass is 16.5. The molecule has 0 aromatic heterocycles. The number of primary amides is 1. The van der Waals surface area contributed by atoms with Crippen LogP contribution in [0.4, 0.5) is 4.79 Å². The fourth-order valence-electron chi connectivity index (χ4n) is 2.76. The minimum absolute atomic E-state index is 0.00271. The van der Waals surface area contributed by atoms with E-state index in [1.807, 2.05) is 0 Å². The number of nitrogens with one attached hydrogen (secondary N) is 2. The first-order valence-corrected chi connectivity index (χ1v) is 7.38. The van der Waals surface area contributed by atoms with E-state index < -0.39 is 23.6 Å². The highest BCUT2D eigenvalue weighted by molar-refractivity contribution is 5.91. The minimum atomic E-state index is -1.01. The van der Waals surface area contributed by atoms with E-state index in [-0.39, 0.29) is 18.9 Å². The van der Waals surface area contributed by atoms with E-state index in [0.29, 0.717) is 12.8 Å². The summed E-state index contributed by atoms with van der Waals surface area (Å²) in [5.41, 5.74) is 4.20. The van der Waals surface area contributed by atoms with E-state index >= 15 is 0 Å². The number of hydrogen-bond donors (Lipinski definition) is 3. The zero-order chi connectivity index (χ0) is 16.6. The lowest BCUT2D eigenvalue weighted by Crippen LogP contribution is -2.62. The van der Waals surface area contributed by atoms with Crippen molar-refractivity contribution in [3.63, 3.8) is 0 Å². The van der Waals surface area contributed by atoms with Crippen LogP contribution in [0.5, 0.6) is 0 Å². The summed E-state index contributed by atoms with van der Waals surface area (Å²) in [4.78, 5) is 35.3. The molecule has 1 aliphatic rings. The Morgan fingerprint density at radius 3 is 2.32 bits per heavy atom. The van der Waals surface area contributed by atoms with Gasteiger partial charge in [-0.05, 0) is 12.8 Å². The molecule has 1 saturated carbocycles. The Morgan fingerprint density at radius 2 is 1.82 bits per heavy atom. The third kappa shape index (κ3) is 5.18. The molecule has 0 unspecified atom stereocenters. The van der Waals surface area contributed by atoms with Crippen molar-refractivity contribution in [1.82, 2.24) is 10.6 Å². The smallest absolute Gasteiger partial charge is 0.313 e. The van der Waals surface area contributed by atoms with Gasteiger partial charge in [0.15, 0.2) is 0 Å². The molecule has 0 aromatic rings. The van der Waals surface area contributed by atoms with E-state index in [4.69, 9.17) is 10.5 Å². The molecular formula is C14H25N3O5. The van der Waals surface area contributed by atoms with Crippen LogP contribution in [0.1, 0.15) is 38.5 Å². The van der Waals surface area contributed by atoms with Gasteiger partial charge in [-0.15, -0.1) is 0 Å². The third-order valence-electron chi connectivity index (χ3n) is 3.85. The molecular weight excluding hydrogens is 290 g/mol. The van der Waals surface area contributed by atoms with Crippen LogP contribution in [0, 0.1) is 0 Å². The maximum Gasteiger partial charge on any atom is 0.313 e. The van der Waals surface area contributed by atoms with Crippen molar-refractivity contribution >= 4 is 17.9 Å². The molecule has 0 radical (unpaired) electrons. The number of carbonyl (C=O) groups is 3. The summed E-state index contributed by atoms with van der Waals surface area (Å²) in [5.74, 6) is -0.778. The van der Waals surface area contributed by atoms with Gasteiger partial charge in [-0.2, -0.15) is 0 Å². The molecule has 0 heterocycles. The van der Waals surface area contributed by atoms with E-state index in [9.17, 15) is 14.4 Å². The fourth-order valence-corrected chi connectivity index (χ4v) is 2.76. The molecule has 1 aliphatic carbocycles. The molecule has 0 saturated heterocycles. The van der Waals surface area contributed by atoms with E-state index in [1.165, 1.54) is 14.2 Å². The van der Waals surface area contributed by atoms with Crippen LogP contribution in [-0.4, -0.2) is 50.3 Å². The molecule has 8 heteroatoms. The SMILES string of the molecule is COC[C@@H](CC(=O)OC)NC(=O)C1(NC(N)=O)CCCCC1. The van der Waals surface area contributed by atoms with Crippen LogP contribution >= 0.6 is 0 Å². The maximum absolute atomic E-state index is 12.6. The number of nitrogens with two attached hydrogens (primary N) is 1. The number of amides is 3. The largest absolute Gasteiger partial charge is 0.469 e. The van der Waals surface area contributed by atoms with Crippen molar-refractivity contribution < 1.29 is 23.9 Å². The minimum Gasteiger partial charge on any atom is -0.469 e. The number of methoxy groups -OCH3 is 2. The summed E-state index contributed by atoms with van der Waals surface area (Å²) >= 11 is 0. The second-order valence-corrected chi connectivity index (χ2v) is 5.54. The van der Waals surface area contributed by atoms with Gasteiger partial charge in [-0.25, -0.2) is 4.79 Å². The summed E-state index contributed by atoms with van der Waals surface area (Å²) in [6.45, 7) is 0.174. The first-order valence-electron chi connectivity index (χ1n) is 7.38. The van der Waals surface area contributed by atoms with Crippen LogP contribution in [0.3, 0.4) is 0 Å². The molecule has 1 fully saturated rings. The average Bonchev–Trinajstić information content (AvgIpc) is 2.47. The number of rotatable bonds is 7. The number of carbonyl (C=O) groups excluding carboxylic acids is 3. The third-order valence-corrected chi connectivity index (χ3v) is 3.85. The summed E-state index contributed by atoms with van der Waals surface area (Å²) in [5, 5.41) is 5.34. The summed E-state index contributed by atoms with van der Waals surface area (Å²) in [7, 11) is 2.76. The predicted molar refractivity (Wildman–Crippen MR) is 79.0 cm³/mol. The van der Waals surface area contributed by atoms with Gasteiger partial charge in [0.25, 0.3) is 0 Å². The van der Waals surface area contributed by atoms with Crippen molar-refractivity contribution in [2.24, 2.45) is 5.73 Å². The van der Waals surface area contributed by atoms with E-state index in [2.05, 4.69) is 15.4 Å². The molecule has 4 N–H and O–H groups in total. The Hall–Kier alpha value is -1.83. The first kappa shape index (κ1) is 18.2. The molecule has 0 bridgehead atoms. The molecule has 0 aliphatic heterocycles. The van der Waals surface area contributed by atoms with Crippen LogP contribution in [0.2, 0.25) is 0 Å². The van der Waals surface area contributed by atoms with Gasteiger partial charge in [0.05, 0.1) is 26.2 Å². The van der Waals surface area contributed by atoms with Crippen LogP contribution in [0.25, 0.3) is 0 Å². The molecule has 0 aromatic carbocycles. The summed E-state index contributed by atoms with van der Waals surface area (Å²) < 4.78 is 9.63. The van der Waals surface area contributed by atoms with Crippen molar-refractivity contribution in [2.75, 3.05) is 20.8 Å². The lowest BCUT2D eigenvalue weighted by molar-refractivity contribution is -0.142. The Morgan fingerprint density at radius 1 is 1.18 bits per heavy atom. The van der Waals surface area contributed by atoms with Gasteiger partial charge in [-0.1, -0.05) is 19.3 Å². The van der Waals surface area contributed by atoms with E-state index in [0.717, 1.165) is 19.3 Å². The van der Waals surface area contributed by atoms with Crippen molar-refractivity contribution in [3.05, 3.63) is 0 Å². The molecule has 3 amide bonds. The van der Waals surface area contributed by atoms with Crippen LogP contribution < -0.4 is 16.4 Å². The highest BCUT2D eigenvalue weighted by Gasteiger charge is 2.41. The molecule has 1 atom stereocenters. The van der Waals surface area contributed by atoms with Gasteiger partial charge >= 0.3 is 12.0 Å². The van der Waals surface area contributed by atoms with Crippen molar-refractivity contribution in [1.29, 1.82) is 0 Å². The normalized spacial score (nSPS) is 18.1. The van der Waals surface area contributed by atoms with Crippen molar-refractivity contribution in [2.45, 2.75) is 50.1 Å². The zero-order valence-electron chi connectivity index (χ0n) is 13.1. The van der Waals surface area contributed by atoms with Gasteiger partial charge in [0.2, 0.25) is 5.91 Å². The molecule has 0 spiro atoms. The lowest BCUT2D eigenvalue weighted by atomic mass is 9.80. The van der Waals surface area contributed by atoms with Crippen LogP contribution in [0.15, 0.2) is 0 Å². The highest BCUT2D eigenvalue weighted by Crippen LogP contribution is 2.28. The predicted octanol–water partition coefficient (Wildman–Crippen LogP) is 0.0519. The monoisotopic (exact) mass is 315 g/mol. The Labute approximate surface area is 130 Å². The second-order valence-electron chi connectivity index (χ2n) is 5.54. The Kier molecular flexibility index (Phi) is 7.10. The summed E-state index contributed by atoms with van der Waals surface area (Å²) in [6, 6.07) is -1.24. The number of esters is 1. The molecule has 22 heavy (non-hydrogen) atoms. The van der Waals surface area contributed by atoms with Gasteiger partial charge in [-0.3, -0.25) is 9.59 Å². The second kappa shape index (κ2) is 8.57. The topological polar surface area (TPSA) is 120 Å². The quantitative estimate of drug-likeness (QED) is 0.573. The van der Waals surface area contributed by atoms with Crippen molar-refractivity contribution in [3.8, 4) is 0 Å². The number of hydrogen-bond acceptors (Lipinski definition) is 5. The number of ether oxygens (including phenoxy) is 2. The van der Waals surface area contributed by atoms with Gasteiger partial charge < -0.3 is 25.8 Å². The van der Waals surface area contributed by atoms with Gasteiger partial charge in [0, 0.05) is 7.11 Å². The average molecular weight is 315 g/mol. The number of urea groups is 1. The standard InChI is InChI=1S/C14H25N3O5/c1-21-9-10(8-11(18)22-2)16-12(19)14(17-13(15)20)6-4-3-5-7-14/h10H,3-9H2,1-2H3,(H,16,19)(H3,15,17,20)/t10-/m1/s1. The molecule has 126 valence electrons. The maximum atomic E-state index is 12.6. The van der Waals surface area contributed by atoms with E-state index in [1.54, 1.807) is 0 Å². The Balaban J connectivity index is 2.78. The lowest BCUT2D eigenvalue weighted by Gasteiger charge is -2.37. The Bertz CT molecular complexity index is 407. The van der Waals surface area contributed by atoms with Gasteiger partial charge in [0.1, 0.15) is 5.54 Å².